The first-order valence-electron chi connectivity index (χ1n) is 10.6. The second-order valence-corrected chi connectivity index (χ2v) is 8.22. The number of allylic oxidation sites excluding steroid dienone is 1. The van der Waals surface area contributed by atoms with Gasteiger partial charge in [-0.3, -0.25) is 4.99 Å². The third kappa shape index (κ3) is 4.20. The lowest BCUT2D eigenvalue weighted by Crippen LogP contribution is -2.12. The normalized spacial score (nSPS) is 16.9. The fourth-order valence-corrected chi connectivity index (χ4v) is 3.90. The number of nitrogens with zero attached hydrogens (tertiary/aromatic N) is 3. The Morgan fingerprint density at radius 1 is 1.16 bits per heavy atom. The zero-order chi connectivity index (χ0) is 22.2. The first-order valence-corrected chi connectivity index (χ1v) is 10.6. The van der Waals surface area contributed by atoms with E-state index in [1.807, 2.05) is 13.0 Å². The van der Waals surface area contributed by atoms with E-state index in [4.69, 9.17) is 9.84 Å². The zero-order valence-electron chi connectivity index (χ0n) is 17.6. The van der Waals surface area contributed by atoms with Gasteiger partial charge in [-0.2, -0.15) is 9.97 Å². The molecule has 1 aromatic carbocycles. The molecule has 0 atom stereocenters. The molecule has 5 rings (SSSR count). The predicted molar refractivity (Wildman–Crippen MR) is 118 cm³/mol. The van der Waals surface area contributed by atoms with Crippen LogP contribution in [0.4, 0.5) is 20.4 Å². The minimum absolute atomic E-state index is 0.0977. The molecule has 0 bridgehead atoms. The van der Waals surface area contributed by atoms with E-state index in [9.17, 15) is 8.78 Å². The van der Waals surface area contributed by atoms with Crippen molar-refractivity contribution in [1.29, 1.82) is 0 Å². The number of aromatic nitrogens is 2. The average Bonchev–Trinajstić information content (AvgIpc) is 3.38. The molecule has 1 fully saturated rings. The van der Waals surface area contributed by atoms with Gasteiger partial charge in [-0.15, -0.1) is 0 Å². The van der Waals surface area contributed by atoms with E-state index in [0.29, 0.717) is 41.9 Å². The quantitative estimate of drug-likeness (QED) is 0.602. The number of amidine groups is 1. The number of aliphatic hydroxyl groups excluding tert-OH is 1. The molecule has 0 saturated heterocycles. The number of nitrogens with one attached hydrogen (secondary N) is 2. The first-order chi connectivity index (χ1) is 15.5. The van der Waals surface area contributed by atoms with Crippen molar-refractivity contribution < 1.29 is 18.6 Å². The number of hydrogen-bond donors (Lipinski definition) is 3. The molecule has 1 saturated carbocycles. The van der Waals surface area contributed by atoms with Crippen LogP contribution in [0.1, 0.15) is 30.9 Å². The molecule has 7 nitrogen and oxygen atoms in total. The standard InChI is InChI=1S/C23H23F2N5O2/c1-12-6-15-16(7-12)22(25)18(9-17(15)24)32-23-29-20(26-4-5-31)10-21(30-23)28-19-8-14(11-27-19)13-2-3-13/h7-10,13,31H,2-6,11H2,1H3,(H2,26,27,28,29,30). The van der Waals surface area contributed by atoms with Crippen LogP contribution in [0.15, 0.2) is 34.3 Å². The van der Waals surface area contributed by atoms with Gasteiger partial charge in [0.05, 0.1) is 13.2 Å². The third-order valence-electron chi connectivity index (χ3n) is 5.61. The van der Waals surface area contributed by atoms with E-state index < -0.39 is 11.6 Å². The average molecular weight is 439 g/mol. The zero-order valence-corrected chi connectivity index (χ0v) is 17.6. The van der Waals surface area contributed by atoms with Gasteiger partial charge in [-0.1, -0.05) is 11.6 Å². The molecule has 9 heteroatoms. The van der Waals surface area contributed by atoms with Gasteiger partial charge in [0.2, 0.25) is 0 Å². The molecule has 1 aromatic heterocycles. The maximum absolute atomic E-state index is 15.0. The highest BCUT2D eigenvalue weighted by molar-refractivity contribution is 6.05. The van der Waals surface area contributed by atoms with Gasteiger partial charge in [0.25, 0.3) is 0 Å². The van der Waals surface area contributed by atoms with E-state index in [-0.39, 0.29) is 30.5 Å². The molecule has 3 aliphatic rings. The Balaban J connectivity index is 1.43. The summed E-state index contributed by atoms with van der Waals surface area (Å²) >= 11 is 0. The second-order valence-electron chi connectivity index (χ2n) is 8.22. The number of anilines is 2. The van der Waals surface area contributed by atoms with Gasteiger partial charge < -0.3 is 20.5 Å². The molecule has 1 aliphatic heterocycles. The van der Waals surface area contributed by atoms with Crippen molar-refractivity contribution >= 4 is 23.5 Å². The SMILES string of the molecule is CC1=Cc2c(F)c(Oc3nc(NCCO)cc(NC4=NCC(C5CC5)=C4)n3)cc(F)c2C1. The van der Waals surface area contributed by atoms with Crippen LogP contribution in [0.2, 0.25) is 0 Å². The molecule has 32 heavy (non-hydrogen) atoms. The summed E-state index contributed by atoms with van der Waals surface area (Å²) < 4.78 is 35.1. The molecule has 2 heterocycles. The molecule has 0 amide bonds. The second kappa shape index (κ2) is 8.31. The first kappa shape index (κ1) is 20.6. The fraction of sp³-hybridized carbons (Fsp3) is 0.348. The Labute approximate surface area is 184 Å². The van der Waals surface area contributed by atoms with Crippen LogP contribution in [-0.2, 0) is 6.42 Å². The van der Waals surface area contributed by atoms with Crippen molar-refractivity contribution in [3.05, 3.63) is 52.1 Å². The maximum atomic E-state index is 15.0. The van der Waals surface area contributed by atoms with E-state index >= 15 is 0 Å². The Hall–Kier alpha value is -3.33. The van der Waals surface area contributed by atoms with Crippen LogP contribution in [0, 0.1) is 17.6 Å². The highest BCUT2D eigenvalue weighted by Gasteiger charge is 2.28. The fourth-order valence-electron chi connectivity index (χ4n) is 3.90. The molecule has 166 valence electrons. The van der Waals surface area contributed by atoms with Gasteiger partial charge in [-0.25, -0.2) is 8.78 Å². The molecule has 2 aromatic rings. The summed E-state index contributed by atoms with van der Waals surface area (Å²) in [6.07, 6.45) is 6.42. The predicted octanol–water partition coefficient (Wildman–Crippen LogP) is 4.07. The van der Waals surface area contributed by atoms with Crippen molar-refractivity contribution in [1.82, 2.24) is 9.97 Å². The van der Waals surface area contributed by atoms with Gasteiger partial charge in [0, 0.05) is 29.8 Å². The van der Waals surface area contributed by atoms with Gasteiger partial charge >= 0.3 is 6.01 Å². The lowest BCUT2D eigenvalue weighted by atomic mass is 10.1. The maximum Gasteiger partial charge on any atom is 0.326 e. The number of rotatable bonds is 7. The lowest BCUT2D eigenvalue weighted by molar-refractivity contribution is 0.311. The highest BCUT2D eigenvalue weighted by Crippen LogP contribution is 2.38. The number of hydrogen-bond acceptors (Lipinski definition) is 7. The monoisotopic (exact) mass is 439 g/mol. The molecule has 0 spiro atoms. The van der Waals surface area contributed by atoms with Crippen molar-refractivity contribution in [3.8, 4) is 11.8 Å². The Morgan fingerprint density at radius 3 is 2.75 bits per heavy atom. The molecule has 0 unspecified atom stereocenters. The molecular formula is C23H23F2N5O2. The smallest absolute Gasteiger partial charge is 0.326 e. The van der Waals surface area contributed by atoms with Gasteiger partial charge in [0.15, 0.2) is 11.6 Å². The summed E-state index contributed by atoms with van der Waals surface area (Å²) in [5, 5.41) is 15.2. The van der Waals surface area contributed by atoms with E-state index in [2.05, 4.69) is 25.6 Å². The largest absolute Gasteiger partial charge is 0.421 e. The minimum atomic E-state index is -0.651. The van der Waals surface area contributed by atoms with Crippen LogP contribution in [0.3, 0.4) is 0 Å². The number of halogens is 2. The molecule has 0 radical (unpaired) electrons. The summed E-state index contributed by atoms with van der Waals surface area (Å²) in [4.78, 5) is 13.0. The van der Waals surface area contributed by atoms with Gasteiger partial charge in [0.1, 0.15) is 23.3 Å². The summed E-state index contributed by atoms with van der Waals surface area (Å²) in [5.41, 5.74) is 2.70. The number of aliphatic hydroxyl groups is 1. The minimum Gasteiger partial charge on any atom is -0.421 e. The highest BCUT2D eigenvalue weighted by atomic mass is 19.1. The van der Waals surface area contributed by atoms with Crippen molar-refractivity contribution in [2.24, 2.45) is 10.9 Å². The molecule has 2 aliphatic carbocycles. The summed E-state index contributed by atoms with van der Waals surface area (Å²) in [5.74, 6) is 0.596. The number of ether oxygens (including phenoxy) is 1. The number of fused-ring (bicyclic) bond motifs is 1. The Bertz CT molecular complexity index is 1170. The van der Waals surface area contributed by atoms with E-state index in [0.717, 1.165) is 11.6 Å². The summed E-state index contributed by atoms with van der Waals surface area (Å²) in [6.45, 7) is 2.66. The number of benzene rings is 1. The third-order valence-corrected chi connectivity index (χ3v) is 5.61. The topological polar surface area (TPSA) is 91.7 Å². The van der Waals surface area contributed by atoms with Crippen LogP contribution in [0.5, 0.6) is 11.8 Å². The van der Waals surface area contributed by atoms with Crippen molar-refractivity contribution in [2.75, 3.05) is 30.3 Å². The van der Waals surface area contributed by atoms with Crippen LogP contribution in [-0.4, -0.2) is 40.6 Å². The van der Waals surface area contributed by atoms with Crippen LogP contribution < -0.4 is 15.4 Å². The summed E-state index contributed by atoms with van der Waals surface area (Å²) in [7, 11) is 0. The lowest BCUT2D eigenvalue weighted by Gasteiger charge is -2.12. The van der Waals surface area contributed by atoms with Crippen molar-refractivity contribution in [2.45, 2.75) is 26.2 Å². The van der Waals surface area contributed by atoms with Crippen LogP contribution in [0.25, 0.3) is 6.08 Å². The summed E-state index contributed by atoms with van der Waals surface area (Å²) in [6, 6.07) is 2.51. The molecule has 3 N–H and O–H groups in total. The van der Waals surface area contributed by atoms with Crippen LogP contribution >= 0.6 is 0 Å². The Morgan fingerprint density at radius 2 is 1.97 bits per heavy atom. The molecular weight excluding hydrogens is 416 g/mol. The van der Waals surface area contributed by atoms with Gasteiger partial charge in [-0.05, 0) is 43.8 Å². The van der Waals surface area contributed by atoms with E-state index in [1.54, 1.807) is 12.1 Å². The number of aliphatic imine (C=N–C) groups is 1. The Kier molecular flexibility index (Phi) is 5.34. The van der Waals surface area contributed by atoms with Crippen molar-refractivity contribution in [3.63, 3.8) is 0 Å². The van der Waals surface area contributed by atoms with E-state index in [1.165, 1.54) is 18.4 Å².